The Morgan fingerprint density at radius 2 is 1.97 bits per heavy atom. The second kappa shape index (κ2) is 9.74. The minimum atomic E-state index is 0.0719. The van der Waals surface area contributed by atoms with Crippen molar-refractivity contribution in [3.8, 4) is 33.2 Å². The Hall–Kier alpha value is -2.32. The molecule has 0 bridgehead atoms. The molecule has 0 spiro atoms. The molecule has 7 heteroatoms. The van der Waals surface area contributed by atoms with Crippen molar-refractivity contribution in [2.45, 2.75) is 66.0 Å². The number of hydrogen-bond acceptors (Lipinski definition) is 6. The third-order valence-corrected chi connectivity index (χ3v) is 7.50. The van der Waals surface area contributed by atoms with Crippen LogP contribution in [0.4, 0.5) is 0 Å². The lowest BCUT2D eigenvalue weighted by Crippen LogP contribution is -2.36. The number of fused-ring (bicyclic) bond motifs is 5. The average molecular weight is 482 g/mol. The summed E-state index contributed by atoms with van der Waals surface area (Å²) in [6, 6.07) is 9.06. The number of ether oxygens (including phenoxy) is 2. The third kappa shape index (κ3) is 4.26. The number of thiophene rings is 1. The van der Waals surface area contributed by atoms with Gasteiger partial charge in [-0.25, -0.2) is 0 Å². The second-order valence-electron chi connectivity index (χ2n) is 9.54. The fourth-order valence-corrected chi connectivity index (χ4v) is 5.87. The molecule has 1 N–H and O–H groups in total. The number of nitrogens with one attached hydrogen (secondary N) is 1. The van der Waals surface area contributed by atoms with E-state index < -0.39 is 0 Å². The van der Waals surface area contributed by atoms with E-state index in [1.807, 2.05) is 0 Å². The lowest BCUT2D eigenvalue weighted by molar-refractivity contribution is -0.189. The van der Waals surface area contributed by atoms with Crippen molar-refractivity contribution in [3.05, 3.63) is 46.5 Å². The Kier molecular flexibility index (Phi) is 6.71. The first-order valence-corrected chi connectivity index (χ1v) is 13.1. The van der Waals surface area contributed by atoms with Crippen LogP contribution in [0.25, 0.3) is 21.7 Å². The molecule has 0 radical (unpaired) electrons. The standard InChI is InChI=1S/C27H35N3O3S/c1-17(2)30-11-9-28-15-21-22(16-32-30)29-10-8-19-13-23(31-5)24(33-18(3)4)14-20(19)27(29)26(21)25-7-6-12-34-25/h6-7,12-14,17-18,28H,8-11,15-16H2,1-5H3. The van der Waals surface area contributed by atoms with Crippen LogP contribution < -0.4 is 14.8 Å². The first-order valence-electron chi connectivity index (χ1n) is 12.2. The van der Waals surface area contributed by atoms with Crippen LogP contribution in [0.5, 0.6) is 11.5 Å². The normalized spacial score (nSPS) is 16.4. The number of hydroxylamine groups is 2. The zero-order chi connectivity index (χ0) is 23.8. The molecule has 0 saturated heterocycles. The summed E-state index contributed by atoms with van der Waals surface area (Å²) in [5.41, 5.74) is 7.74. The molecule has 3 aromatic rings. The van der Waals surface area contributed by atoms with Gasteiger partial charge in [-0.15, -0.1) is 11.3 Å². The summed E-state index contributed by atoms with van der Waals surface area (Å²) in [5.74, 6) is 1.60. The summed E-state index contributed by atoms with van der Waals surface area (Å²) in [5, 5.41) is 7.95. The van der Waals surface area contributed by atoms with Crippen LogP contribution >= 0.6 is 11.3 Å². The molecule has 0 unspecified atom stereocenters. The predicted octanol–water partition coefficient (Wildman–Crippen LogP) is 5.48. The van der Waals surface area contributed by atoms with Crippen molar-refractivity contribution in [2.75, 3.05) is 20.2 Å². The van der Waals surface area contributed by atoms with Crippen LogP contribution in [0.2, 0.25) is 0 Å². The molecule has 0 aliphatic carbocycles. The van der Waals surface area contributed by atoms with Crippen LogP contribution in [-0.4, -0.2) is 42.0 Å². The highest BCUT2D eigenvalue weighted by Gasteiger charge is 2.31. The lowest BCUT2D eigenvalue weighted by Gasteiger charge is -2.27. The second-order valence-corrected chi connectivity index (χ2v) is 10.5. The van der Waals surface area contributed by atoms with E-state index in [0.717, 1.165) is 44.1 Å². The van der Waals surface area contributed by atoms with Gasteiger partial charge in [-0.2, -0.15) is 5.06 Å². The Balaban J connectivity index is 1.71. The van der Waals surface area contributed by atoms with Crippen LogP contribution in [0, 0.1) is 0 Å². The van der Waals surface area contributed by atoms with Gasteiger partial charge in [-0.3, -0.25) is 4.84 Å². The summed E-state index contributed by atoms with van der Waals surface area (Å²) in [4.78, 5) is 7.67. The SMILES string of the molecule is COc1cc2c(cc1OC(C)C)-c1c(-c3cccs3)c3c(n1CC2)CON(C(C)C)CCNC3. The Bertz CT molecular complexity index is 1150. The highest BCUT2D eigenvalue weighted by Crippen LogP contribution is 2.47. The van der Waals surface area contributed by atoms with Crippen molar-refractivity contribution in [1.82, 2.24) is 14.9 Å². The average Bonchev–Trinajstić information content (AvgIpc) is 3.44. The molecule has 5 rings (SSSR count). The first-order chi connectivity index (χ1) is 16.5. The number of methoxy groups -OCH3 is 1. The summed E-state index contributed by atoms with van der Waals surface area (Å²) < 4.78 is 14.4. The molecule has 2 aliphatic heterocycles. The highest BCUT2D eigenvalue weighted by atomic mass is 32.1. The lowest BCUT2D eigenvalue weighted by atomic mass is 9.94. The number of hydrogen-bond donors (Lipinski definition) is 1. The Morgan fingerprint density at radius 1 is 1.12 bits per heavy atom. The topological polar surface area (TPSA) is 47.9 Å². The fourth-order valence-electron chi connectivity index (χ4n) is 5.07. The number of aryl methyl sites for hydroxylation is 1. The van der Waals surface area contributed by atoms with Crippen LogP contribution in [-0.2, 0) is 31.0 Å². The zero-order valence-electron chi connectivity index (χ0n) is 20.8. The van der Waals surface area contributed by atoms with Crippen molar-refractivity contribution in [3.63, 3.8) is 0 Å². The quantitative estimate of drug-likeness (QED) is 0.523. The van der Waals surface area contributed by atoms with E-state index in [4.69, 9.17) is 14.3 Å². The summed E-state index contributed by atoms with van der Waals surface area (Å²) in [6.45, 7) is 12.6. The van der Waals surface area contributed by atoms with E-state index >= 15 is 0 Å². The molecule has 4 heterocycles. The number of aromatic nitrogens is 1. The molecular weight excluding hydrogens is 446 g/mol. The maximum atomic E-state index is 6.38. The summed E-state index contributed by atoms with van der Waals surface area (Å²) >= 11 is 1.80. The molecule has 0 atom stereocenters. The minimum Gasteiger partial charge on any atom is -0.493 e. The van der Waals surface area contributed by atoms with Crippen molar-refractivity contribution < 1.29 is 14.3 Å². The van der Waals surface area contributed by atoms with E-state index in [1.54, 1.807) is 18.4 Å². The first kappa shape index (κ1) is 23.4. The highest BCUT2D eigenvalue weighted by molar-refractivity contribution is 7.13. The Morgan fingerprint density at radius 3 is 2.68 bits per heavy atom. The molecule has 2 aliphatic rings. The van der Waals surface area contributed by atoms with Gasteiger partial charge in [0, 0.05) is 48.2 Å². The predicted molar refractivity (Wildman–Crippen MR) is 138 cm³/mol. The van der Waals surface area contributed by atoms with Gasteiger partial charge in [0.25, 0.3) is 0 Å². The van der Waals surface area contributed by atoms with Crippen LogP contribution in [0.15, 0.2) is 29.6 Å². The number of rotatable bonds is 5. The van der Waals surface area contributed by atoms with E-state index in [9.17, 15) is 0 Å². The molecule has 0 fully saturated rings. The molecule has 6 nitrogen and oxygen atoms in total. The minimum absolute atomic E-state index is 0.0719. The fraction of sp³-hybridized carbons (Fsp3) is 0.481. The smallest absolute Gasteiger partial charge is 0.162 e. The van der Waals surface area contributed by atoms with E-state index in [-0.39, 0.29) is 6.10 Å². The summed E-state index contributed by atoms with van der Waals surface area (Å²) in [6.07, 6.45) is 1.02. The largest absolute Gasteiger partial charge is 0.493 e. The van der Waals surface area contributed by atoms with Gasteiger partial charge in [-0.05, 0) is 68.8 Å². The number of nitrogens with zero attached hydrogens (tertiary/aromatic N) is 2. The molecule has 182 valence electrons. The maximum Gasteiger partial charge on any atom is 0.162 e. The van der Waals surface area contributed by atoms with Gasteiger partial charge >= 0.3 is 0 Å². The van der Waals surface area contributed by atoms with Gasteiger partial charge in [0.2, 0.25) is 0 Å². The Labute approximate surface area is 206 Å². The van der Waals surface area contributed by atoms with Gasteiger partial charge in [0.1, 0.15) is 6.61 Å². The molecule has 34 heavy (non-hydrogen) atoms. The van der Waals surface area contributed by atoms with Gasteiger partial charge < -0.3 is 19.4 Å². The molecular formula is C27H35N3O3S. The maximum absolute atomic E-state index is 6.38. The van der Waals surface area contributed by atoms with E-state index in [0.29, 0.717) is 12.6 Å². The monoisotopic (exact) mass is 481 g/mol. The van der Waals surface area contributed by atoms with E-state index in [2.05, 4.69) is 72.3 Å². The van der Waals surface area contributed by atoms with Crippen LogP contribution in [0.3, 0.4) is 0 Å². The van der Waals surface area contributed by atoms with Gasteiger partial charge in [0.05, 0.1) is 24.6 Å². The van der Waals surface area contributed by atoms with Crippen molar-refractivity contribution in [2.24, 2.45) is 0 Å². The molecule has 0 amide bonds. The number of benzene rings is 1. The van der Waals surface area contributed by atoms with Gasteiger partial charge in [0.15, 0.2) is 11.5 Å². The van der Waals surface area contributed by atoms with E-state index in [1.165, 1.54) is 38.5 Å². The third-order valence-electron chi connectivity index (χ3n) is 6.62. The molecule has 1 aromatic carbocycles. The van der Waals surface area contributed by atoms with Crippen molar-refractivity contribution >= 4 is 11.3 Å². The molecule has 2 aromatic heterocycles. The zero-order valence-corrected chi connectivity index (χ0v) is 21.6. The summed E-state index contributed by atoms with van der Waals surface area (Å²) in [7, 11) is 1.72. The van der Waals surface area contributed by atoms with Crippen molar-refractivity contribution in [1.29, 1.82) is 0 Å². The van der Waals surface area contributed by atoms with Gasteiger partial charge in [-0.1, -0.05) is 6.07 Å². The molecule has 0 saturated carbocycles. The van der Waals surface area contributed by atoms with Crippen LogP contribution in [0.1, 0.15) is 44.5 Å².